The lowest BCUT2D eigenvalue weighted by molar-refractivity contribution is -0.124. The molecule has 1 aliphatic heterocycles. The Labute approximate surface area is 114 Å². The van der Waals surface area contributed by atoms with Gasteiger partial charge in [-0.1, -0.05) is 30.3 Å². The van der Waals surface area contributed by atoms with Crippen molar-refractivity contribution in [3.63, 3.8) is 0 Å². The van der Waals surface area contributed by atoms with Gasteiger partial charge in [-0.3, -0.25) is 4.79 Å². The third kappa shape index (κ3) is 2.81. The fourth-order valence-corrected chi connectivity index (χ4v) is 3.50. The van der Waals surface area contributed by atoms with E-state index in [0.717, 1.165) is 6.42 Å². The molecule has 1 heterocycles. The van der Waals surface area contributed by atoms with E-state index in [-0.39, 0.29) is 18.0 Å². The molecule has 0 aromatic heterocycles. The third-order valence-corrected chi connectivity index (χ3v) is 4.42. The second-order valence-corrected chi connectivity index (χ2v) is 6.01. The van der Waals surface area contributed by atoms with Crippen LogP contribution in [0.3, 0.4) is 0 Å². The summed E-state index contributed by atoms with van der Waals surface area (Å²) in [5.41, 5.74) is 1.27. The van der Waals surface area contributed by atoms with Crippen molar-refractivity contribution in [2.45, 2.75) is 50.7 Å². The molecule has 1 aromatic carbocycles. The minimum absolute atomic E-state index is 0.0528. The van der Waals surface area contributed by atoms with Gasteiger partial charge in [-0.25, -0.2) is 0 Å². The van der Waals surface area contributed by atoms with Crippen molar-refractivity contribution in [2.24, 2.45) is 5.92 Å². The van der Waals surface area contributed by atoms with Crippen molar-refractivity contribution >= 4 is 5.91 Å². The van der Waals surface area contributed by atoms with Gasteiger partial charge in [-0.15, -0.1) is 0 Å². The second-order valence-electron chi connectivity index (χ2n) is 6.01. The van der Waals surface area contributed by atoms with Gasteiger partial charge in [-0.05, 0) is 44.1 Å². The monoisotopic (exact) mass is 258 g/mol. The van der Waals surface area contributed by atoms with Crippen LogP contribution in [0, 0.1) is 5.92 Å². The van der Waals surface area contributed by atoms with Gasteiger partial charge in [0.25, 0.3) is 0 Å². The average molecular weight is 258 g/mol. The molecule has 1 aliphatic carbocycles. The molecule has 4 atom stereocenters. The topological polar surface area (TPSA) is 41.1 Å². The van der Waals surface area contributed by atoms with Crippen LogP contribution in [0.4, 0.5) is 0 Å². The van der Waals surface area contributed by atoms with Gasteiger partial charge >= 0.3 is 0 Å². The highest BCUT2D eigenvalue weighted by Crippen LogP contribution is 2.35. The highest BCUT2D eigenvalue weighted by atomic mass is 16.2. The predicted octanol–water partition coefficient (Wildman–Crippen LogP) is 1.87. The molecule has 0 radical (unpaired) electrons. The molecule has 19 heavy (non-hydrogen) atoms. The molecule has 2 aliphatic rings. The van der Waals surface area contributed by atoms with Crippen LogP contribution < -0.4 is 10.6 Å². The van der Waals surface area contributed by atoms with E-state index in [1.165, 1.54) is 24.8 Å². The molecule has 1 amide bonds. The van der Waals surface area contributed by atoms with Crippen LogP contribution in [0.2, 0.25) is 0 Å². The summed E-state index contributed by atoms with van der Waals surface area (Å²) in [7, 11) is 0. The number of fused-ring (bicyclic) bond motifs is 2. The largest absolute Gasteiger partial charge is 0.352 e. The predicted molar refractivity (Wildman–Crippen MR) is 75.8 cm³/mol. The van der Waals surface area contributed by atoms with Crippen molar-refractivity contribution in [3.8, 4) is 0 Å². The van der Waals surface area contributed by atoms with Crippen LogP contribution in [-0.4, -0.2) is 24.0 Å². The molecule has 102 valence electrons. The van der Waals surface area contributed by atoms with E-state index in [0.29, 0.717) is 12.0 Å². The Hall–Kier alpha value is -1.35. The summed E-state index contributed by atoms with van der Waals surface area (Å²) in [5, 5.41) is 6.60. The SMILES string of the molecule is C[C@H](Cc1ccccc1)NC(=O)[C@H]1N[C@@H]2CC[C@H]1C2. The zero-order valence-electron chi connectivity index (χ0n) is 11.4. The summed E-state index contributed by atoms with van der Waals surface area (Å²) in [6, 6.07) is 11.2. The summed E-state index contributed by atoms with van der Waals surface area (Å²) in [5.74, 6) is 0.754. The molecule has 2 fully saturated rings. The molecule has 1 aromatic rings. The first-order chi connectivity index (χ1) is 9.22. The maximum absolute atomic E-state index is 12.3. The molecule has 3 nitrogen and oxygen atoms in total. The molecule has 1 saturated carbocycles. The van der Waals surface area contributed by atoms with Gasteiger partial charge in [0, 0.05) is 12.1 Å². The number of hydrogen-bond acceptors (Lipinski definition) is 2. The van der Waals surface area contributed by atoms with E-state index in [2.05, 4.69) is 29.7 Å². The molecule has 3 rings (SSSR count). The number of hydrogen-bond donors (Lipinski definition) is 2. The Morgan fingerprint density at radius 3 is 2.79 bits per heavy atom. The first kappa shape index (κ1) is 12.7. The van der Waals surface area contributed by atoms with Crippen molar-refractivity contribution in [3.05, 3.63) is 35.9 Å². The number of piperidine rings is 1. The maximum atomic E-state index is 12.3. The zero-order valence-corrected chi connectivity index (χ0v) is 11.4. The van der Waals surface area contributed by atoms with E-state index < -0.39 is 0 Å². The first-order valence-corrected chi connectivity index (χ1v) is 7.32. The third-order valence-electron chi connectivity index (χ3n) is 4.42. The van der Waals surface area contributed by atoms with Gasteiger partial charge in [0.1, 0.15) is 0 Å². The van der Waals surface area contributed by atoms with Crippen LogP contribution >= 0.6 is 0 Å². The lowest BCUT2D eigenvalue weighted by Gasteiger charge is -2.24. The molecule has 3 heteroatoms. The van der Waals surface area contributed by atoms with Gasteiger partial charge in [0.05, 0.1) is 6.04 Å². The summed E-state index contributed by atoms with van der Waals surface area (Å²) >= 11 is 0. The van der Waals surface area contributed by atoms with E-state index in [4.69, 9.17) is 0 Å². The highest BCUT2D eigenvalue weighted by molar-refractivity contribution is 5.83. The number of nitrogens with one attached hydrogen (secondary N) is 2. The quantitative estimate of drug-likeness (QED) is 0.865. The second kappa shape index (κ2) is 5.33. The summed E-state index contributed by atoms with van der Waals surface area (Å²) in [6.07, 6.45) is 4.54. The van der Waals surface area contributed by atoms with E-state index in [9.17, 15) is 4.79 Å². The fraction of sp³-hybridized carbons (Fsp3) is 0.562. The molecule has 1 saturated heterocycles. The summed E-state index contributed by atoms with van der Waals surface area (Å²) in [4.78, 5) is 12.3. The highest BCUT2D eigenvalue weighted by Gasteiger charge is 2.42. The van der Waals surface area contributed by atoms with Crippen LogP contribution in [0.25, 0.3) is 0 Å². The van der Waals surface area contributed by atoms with Gasteiger partial charge in [-0.2, -0.15) is 0 Å². The van der Waals surface area contributed by atoms with Gasteiger partial charge in [0.2, 0.25) is 5.91 Å². The van der Waals surface area contributed by atoms with Gasteiger partial charge < -0.3 is 10.6 Å². The first-order valence-electron chi connectivity index (χ1n) is 7.32. The van der Waals surface area contributed by atoms with E-state index in [1.807, 2.05) is 18.2 Å². The number of amides is 1. The number of rotatable bonds is 4. The summed E-state index contributed by atoms with van der Waals surface area (Å²) in [6.45, 7) is 2.08. The Morgan fingerprint density at radius 1 is 1.37 bits per heavy atom. The van der Waals surface area contributed by atoms with E-state index in [1.54, 1.807) is 0 Å². The molecule has 2 bridgehead atoms. The Balaban J connectivity index is 1.52. The lowest BCUT2D eigenvalue weighted by Crippen LogP contribution is -2.50. The molecule has 0 unspecified atom stereocenters. The standard InChI is InChI=1S/C16H22N2O/c1-11(9-12-5-3-2-4-6-12)17-16(19)15-13-7-8-14(10-13)18-15/h2-6,11,13-15,18H,7-10H2,1H3,(H,17,19)/t11-,13+,14-,15+/m1/s1. The van der Waals surface area contributed by atoms with Crippen LogP contribution in [0.5, 0.6) is 0 Å². The number of carbonyl (C=O) groups excluding carboxylic acids is 1. The van der Waals surface area contributed by atoms with Crippen LogP contribution in [0.1, 0.15) is 31.7 Å². The maximum Gasteiger partial charge on any atom is 0.237 e. The number of benzene rings is 1. The smallest absolute Gasteiger partial charge is 0.237 e. The normalized spacial score (nSPS) is 30.3. The Kier molecular flexibility index (Phi) is 3.56. The minimum atomic E-state index is 0.0528. The average Bonchev–Trinajstić information content (AvgIpc) is 3.02. The van der Waals surface area contributed by atoms with Crippen LogP contribution in [-0.2, 0) is 11.2 Å². The van der Waals surface area contributed by atoms with Crippen molar-refractivity contribution in [1.29, 1.82) is 0 Å². The lowest BCUT2D eigenvalue weighted by atomic mass is 9.98. The molecular formula is C16H22N2O. The minimum Gasteiger partial charge on any atom is -0.352 e. The Bertz CT molecular complexity index is 445. The molecule has 0 spiro atoms. The Morgan fingerprint density at radius 2 is 2.16 bits per heavy atom. The van der Waals surface area contributed by atoms with E-state index >= 15 is 0 Å². The molecular weight excluding hydrogens is 236 g/mol. The van der Waals surface area contributed by atoms with Crippen LogP contribution in [0.15, 0.2) is 30.3 Å². The van der Waals surface area contributed by atoms with Crippen molar-refractivity contribution in [1.82, 2.24) is 10.6 Å². The van der Waals surface area contributed by atoms with Crippen molar-refractivity contribution < 1.29 is 4.79 Å². The fourth-order valence-electron chi connectivity index (χ4n) is 3.50. The van der Waals surface area contributed by atoms with Crippen molar-refractivity contribution in [2.75, 3.05) is 0 Å². The summed E-state index contributed by atoms with van der Waals surface area (Å²) < 4.78 is 0. The molecule has 2 N–H and O–H groups in total. The number of carbonyl (C=O) groups is 1. The zero-order chi connectivity index (χ0) is 13.2. The van der Waals surface area contributed by atoms with Gasteiger partial charge in [0.15, 0.2) is 0 Å².